The number of fused-ring (bicyclic) bond motifs is 2. The minimum atomic E-state index is -0.668. The van der Waals surface area contributed by atoms with E-state index in [0.29, 0.717) is 12.8 Å². The van der Waals surface area contributed by atoms with Crippen LogP contribution in [0, 0.1) is 0 Å². The van der Waals surface area contributed by atoms with Crippen LogP contribution >= 0.6 is 12.6 Å². The normalized spacial score (nSPS) is 23.7. The van der Waals surface area contributed by atoms with Gasteiger partial charge in [0, 0.05) is 17.7 Å². The monoisotopic (exact) mass is 208 g/mol. The number of alkyl halides is 1. The summed E-state index contributed by atoms with van der Waals surface area (Å²) in [5.41, 5.74) is 5.20. The van der Waals surface area contributed by atoms with Gasteiger partial charge in [0.25, 0.3) is 0 Å². The first-order valence-electron chi connectivity index (χ1n) is 5.25. The van der Waals surface area contributed by atoms with Crippen LogP contribution in [0.1, 0.15) is 28.7 Å². The van der Waals surface area contributed by atoms with E-state index in [9.17, 15) is 4.39 Å². The summed E-state index contributed by atoms with van der Waals surface area (Å²) >= 11 is 4.56. The van der Waals surface area contributed by atoms with Gasteiger partial charge in [0.2, 0.25) is 0 Å². The first-order valence-corrected chi connectivity index (χ1v) is 5.70. The molecule has 0 fully saturated rings. The molecule has 0 nitrogen and oxygen atoms in total. The van der Waals surface area contributed by atoms with Crippen molar-refractivity contribution in [2.75, 3.05) is 0 Å². The maximum atomic E-state index is 13.2. The number of thiol groups is 1. The molecule has 0 unspecified atom stereocenters. The van der Waals surface area contributed by atoms with Gasteiger partial charge in [-0.1, -0.05) is 6.07 Å². The SMILES string of the molecule is F[C@H]1Cc2cc3c(c(S)c2C1)CCC3. The lowest BCUT2D eigenvalue weighted by Crippen LogP contribution is -1.96. The zero-order valence-electron chi connectivity index (χ0n) is 8.02. The van der Waals surface area contributed by atoms with Gasteiger partial charge in [-0.05, 0) is 41.5 Å². The second-order valence-electron chi connectivity index (χ2n) is 4.36. The first kappa shape index (κ1) is 8.78. The summed E-state index contributed by atoms with van der Waals surface area (Å²) in [6.07, 6.45) is 4.06. The number of rotatable bonds is 0. The van der Waals surface area contributed by atoms with Gasteiger partial charge in [0.05, 0.1) is 0 Å². The Morgan fingerprint density at radius 3 is 2.86 bits per heavy atom. The third-order valence-electron chi connectivity index (χ3n) is 3.44. The summed E-state index contributed by atoms with van der Waals surface area (Å²) in [6.45, 7) is 0. The van der Waals surface area contributed by atoms with Gasteiger partial charge in [0.15, 0.2) is 0 Å². The second-order valence-corrected chi connectivity index (χ2v) is 4.81. The van der Waals surface area contributed by atoms with Crippen LogP contribution in [0.2, 0.25) is 0 Å². The van der Waals surface area contributed by atoms with Crippen molar-refractivity contribution >= 4 is 12.6 Å². The molecule has 0 heterocycles. The molecule has 3 rings (SSSR count). The van der Waals surface area contributed by atoms with E-state index in [0.717, 1.165) is 17.7 Å². The van der Waals surface area contributed by atoms with Gasteiger partial charge in [-0.25, -0.2) is 4.39 Å². The van der Waals surface area contributed by atoms with Crippen LogP contribution < -0.4 is 0 Å². The molecule has 0 amide bonds. The molecule has 1 aromatic rings. The average Bonchev–Trinajstić information content (AvgIpc) is 2.71. The molecular weight excluding hydrogens is 195 g/mol. The number of benzene rings is 1. The molecule has 0 radical (unpaired) electrons. The van der Waals surface area contributed by atoms with E-state index in [-0.39, 0.29) is 0 Å². The quantitative estimate of drug-likeness (QED) is 0.623. The Labute approximate surface area is 88.9 Å². The van der Waals surface area contributed by atoms with Crippen LogP contribution in [0.25, 0.3) is 0 Å². The Hall–Kier alpha value is -0.500. The van der Waals surface area contributed by atoms with Crippen LogP contribution in [-0.4, -0.2) is 6.17 Å². The second kappa shape index (κ2) is 2.99. The lowest BCUT2D eigenvalue weighted by molar-refractivity contribution is 0.348. The summed E-state index contributed by atoms with van der Waals surface area (Å²) in [5.74, 6) is 0. The highest BCUT2D eigenvalue weighted by Gasteiger charge is 2.27. The van der Waals surface area contributed by atoms with Crippen LogP contribution in [0.5, 0.6) is 0 Å². The van der Waals surface area contributed by atoms with Crippen molar-refractivity contribution in [2.45, 2.75) is 43.2 Å². The molecule has 0 aliphatic heterocycles. The summed E-state index contributed by atoms with van der Waals surface area (Å²) in [5, 5.41) is 0. The van der Waals surface area contributed by atoms with E-state index in [1.165, 1.54) is 28.7 Å². The van der Waals surface area contributed by atoms with Crippen LogP contribution in [0.4, 0.5) is 4.39 Å². The van der Waals surface area contributed by atoms with Crippen LogP contribution in [-0.2, 0) is 25.7 Å². The molecule has 74 valence electrons. The van der Waals surface area contributed by atoms with Crippen molar-refractivity contribution in [1.82, 2.24) is 0 Å². The number of aryl methyl sites for hydroxylation is 1. The number of hydrogen-bond donors (Lipinski definition) is 1. The van der Waals surface area contributed by atoms with Crippen molar-refractivity contribution < 1.29 is 4.39 Å². The maximum absolute atomic E-state index is 13.2. The Morgan fingerprint density at radius 2 is 2.00 bits per heavy atom. The predicted octanol–water partition coefficient (Wildman–Crippen LogP) is 2.90. The molecule has 0 N–H and O–H groups in total. The standard InChI is InChI=1S/C12H13FS/c13-9-5-8-4-7-2-1-3-10(7)12(14)11(8)6-9/h4,9,14H,1-3,5-6H2/t9-/m0/s1. The molecule has 0 aromatic heterocycles. The molecule has 14 heavy (non-hydrogen) atoms. The lowest BCUT2D eigenvalue weighted by atomic mass is 10.0. The minimum Gasteiger partial charge on any atom is -0.247 e. The Balaban J connectivity index is 2.19. The van der Waals surface area contributed by atoms with Gasteiger partial charge < -0.3 is 0 Å². The molecule has 1 aromatic carbocycles. The number of halogens is 1. The molecular formula is C12H13FS. The fraction of sp³-hybridized carbons (Fsp3) is 0.500. The van der Waals surface area contributed by atoms with Gasteiger partial charge in [-0.15, -0.1) is 12.6 Å². The maximum Gasteiger partial charge on any atom is 0.108 e. The van der Waals surface area contributed by atoms with Gasteiger partial charge in [0.1, 0.15) is 6.17 Å². The zero-order valence-corrected chi connectivity index (χ0v) is 8.91. The molecule has 2 heteroatoms. The van der Waals surface area contributed by atoms with E-state index < -0.39 is 6.17 Å². The Morgan fingerprint density at radius 1 is 1.14 bits per heavy atom. The fourth-order valence-corrected chi connectivity index (χ4v) is 3.26. The molecule has 2 aliphatic carbocycles. The molecule has 0 spiro atoms. The van der Waals surface area contributed by atoms with Crippen LogP contribution in [0.15, 0.2) is 11.0 Å². The van der Waals surface area contributed by atoms with E-state index in [1.54, 1.807) is 0 Å². The summed E-state index contributed by atoms with van der Waals surface area (Å²) in [4.78, 5) is 1.09. The highest BCUT2D eigenvalue weighted by Crippen LogP contribution is 2.37. The van der Waals surface area contributed by atoms with E-state index in [1.807, 2.05) is 0 Å². The largest absolute Gasteiger partial charge is 0.247 e. The lowest BCUT2D eigenvalue weighted by Gasteiger charge is -2.09. The van der Waals surface area contributed by atoms with Gasteiger partial charge in [-0.3, -0.25) is 0 Å². The smallest absolute Gasteiger partial charge is 0.108 e. The highest BCUT2D eigenvalue weighted by atomic mass is 32.1. The van der Waals surface area contributed by atoms with E-state index in [2.05, 4.69) is 18.7 Å². The first-order chi connectivity index (χ1) is 6.75. The van der Waals surface area contributed by atoms with Crippen molar-refractivity contribution in [3.8, 4) is 0 Å². The fourth-order valence-electron chi connectivity index (χ4n) is 2.77. The average molecular weight is 208 g/mol. The molecule has 2 aliphatic rings. The summed E-state index contributed by atoms with van der Waals surface area (Å²) in [7, 11) is 0. The highest BCUT2D eigenvalue weighted by molar-refractivity contribution is 7.80. The summed E-state index contributed by atoms with van der Waals surface area (Å²) in [6, 6.07) is 2.22. The third-order valence-corrected chi connectivity index (χ3v) is 3.98. The summed E-state index contributed by atoms with van der Waals surface area (Å²) < 4.78 is 13.2. The topological polar surface area (TPSA) is 0 Å². The van der Waals surface area contributed by atoms with Gasteiger partial charge in [-0.2, -0.15) is 0 Å². The predicted molar refractivity (Wildman–Crippen MR) is 58.0 cm³/mol. The van der Waals surface area contributed by atoms with E-state index in [4.69, 9.17) is 0 Å². The molecule has 1 atom stereocenters. The third kappa shape index (κ3) is 1.13. The van der Waals surface area contributed by atoms with Crippen LogP contribution in [0.3, 0.4) is 0 Å². The Kier molecular flexibility index (Phi) is 1.88. The molecule has 0 saturated heterocycles. The van der Waals surface area contributed by atoms with Crippen molar-refractivity contribution in [3.05, 3.63) is 28.3 Å². The zero-order chi connectivity index (χ0) is 9.71. The van der Waals surface area contributed by atoms with E-state index >= 15 is 0 Å². The van der Waals surface area contributed by atoms with Crippen molar-refractivity contribution in [3.63, 3.8) is 0 Å². The van der Waals surface area contributed by atoms with Gasteiger partial charge >= 0.3 is 0 Å². The molecule has 0 saturated carbocycles. The Bertz CT molecular complexity index is 398. The van der Waals surface area contributed by atoms with Crippen molar-refractivity contribution in [2.24, 2.45) is 0 Å². The van der Waals surface area contributed by atoms with Crippen molar-refractivity contribution in [1.29, 1.82) is 0 Å². The molecule has 0 bridgehead atoms. The number of hydrogen-bond acceptors (Lipinski definition) is 1. The minimum absolute atomic E-state index is 0.585.